The third-order valence-electron chi connectivity index (χ3n) is 1.47. The van der Waals surface area contributed by atoms with E-state index in [1.807, 2.05) is 0 Å². The summed E-state index contributed by atoms with van der Waals surface area (Å²) in [5.41, 5.74) is -0.102. The van der Waals surface area contributed by atoms with Gasteiger partial charge in [-0.3, -0.25) is 0 Å². The highest BCUT2D eigenvalue weighted by atomic mass is 16.5. The average Bonchev–Trinajstić information content (AvgIpc) is 2.48. The minimum Gasteiger partial charge on any atom is -0.489 e. The summed E-state index contributed by atoms with van der Waals surface area (Å²) in [5.74, 6) is 0.409. The summed E-state index contributed by atoms with van der Waals surface area (Å²) in [6, 6.07) is 0. The van der Waals surface area contributed by atoms with E-state index in [0.29, 0.717) is 6.61 Å². The molecule has 0 saturated carbocycles. The first-order valence-corrected chi connectivity index (χ1v) is 3.67. The SMILES string of the molecule is CCOC1=COC(C(=O)O)C1=C=O. The maximum absolute atomic E-state index is 10.5. The van der Waals surface area contributed by atoms with Crippen LogP contribution in [0, 0.1) is 0 Å². The quantitative estimate of drug-likeness (QED) is 0.630. The van der Waals surface area contributed by atoms with Crippen LogP contribution in [0.2, 0.25) is 0 Å². The standard InChI is InChI=1S/C8H8O5/c1-2-12-6-4-13-7(8(10)11)5(6)3-9/h4,7H,2H2,1H3,(H,10,11). The van der Waals surface area contributed by atoms with Crippen LogP contribution in [-0.4, -0.2) is 29.7 Å². The summed E-state index contributed by atoms with van der Waals surface area (Å²) in [6.45, 7) is 2.06. The second kappa shape index (κ2) is 3.78. The molecule has 1 rings (SSSR count). The van der Waals surface area contributed by atoms with Gasteiger partial charge in [0.2, 0.25) is 6.10 Å². The average molecular weight is 184 g/mol. The predicted octanol–water partition coefficient (Wildman–Crippen LogP) is 0.106. The van der Waals surface area contributed by atoms with Gasteiger partial charge in [0.05, 0.1) is 6.61 Å². The molecule has 1 unspecified atom stereocenters. The van der Waals surface area contributed by atoms with Gasteiger partial charge in [0.15, 0.2) is 5.76 Å². The van der Waals surface area contributed by atoms with Crippen LogP contribution in [0.25, 0.3) is 0 Å². The third-order valence-corrected chi connectivity index (χ3v) is 1.47. The summed E-state index contributed by atoms with van der Waals surface area (Å²) < 4.78 is 9.66. The largest absolute Gasteiger partial charge is 0.489 e. The van der Waals surface area contributed by atoms with Crippen molar-refractivity contribution in [2.75, 3.05) is 6.61 Å². The molecule has 13 heavy (non-hydrogen) atoms. The molecule has 0 saturated heterocycles. The van der Waals surface area contributed by atoms with E-state index in [1.165, 1.54) is 5.94 Å². The molecular weight excluding hydrogens is 176 g/mol. The van der Waals surface area contributed by atoms with Crippen molar-refractivity contribution in [2.24, 2.45) is 0 Å². The molecule has 70 valence electrons. The lowest BCUT2D eigenvalue weighted by molar-refractivity contribution is -0.144. The van der Waals surface area contributed by atoms with Crippen molar-refractivity contribution in [1.82, 2.24) is 0 Å². The normalized spacial score (nSPS) is 20.2. The lowest BCUT2D eigenvalue weighted by atomic mass is 10.1. The minimum atomic E-state index is -1.28. The van der Waals surface area contributed by atoms with E-state index < -0.39 is 12.1 Å². The Balaban J connectivity index is 2.84. The fraction of sp³-hybridized carbons (Fsp3) is 0.375. The summed E-state index contributed by atoms with van der Waals surface area (Å²) in [4.78, 5) is 20.9. The fourth-order valence-corrected chi connectivity index (χ4v) is 0.943. The van der Waals surface area contributed by atoms with E-state index in [0.717, 1.165) is 6.26 Å². The van der Waals surface area contributed by atoms with Crippen LogP contribution in [0.5, 0.6) is 0 Å². The zero-order chi connectivity index (χ0) is 9.84. The van der Waals surface area contributed by atoms with Gasteiger partial charge >= 0.3 is 5.97 Å². The first kappa shape index (κ1) is 9.35. The Morgan fingerprint density at radius 1 is 1.85 bits per heavy atom. The smallest absolute Gasteiger partial charge is 0.350 e. The molecule has 1 N–H and O–H groups in total. The highest BCUT2D eigenvalue weighted by Crippen LogP contribution is 2.23. The molecule has 1 aliphatic rings. The van der Waals surface area contributed by atoms with Gasteiger partial charge in [-0.1, -0.05) is 0 Å². The number of ether oxygens (including phenoxy) is 2. The zero-order valence-electron chi connectivity index (χ0n) is 6.94. The second-order valence-electron chi connectivity index (χ2n) is 2.29. The summed E-state index contributed by atoms with van der Waals surface area (Å²) in [5, 5.41) is 8.59. The van der Waals surface area contributed by atoms with Crippen LogP contribution in [0.4, 0.5) is 0 Å². The monoisotopic (exact) mass is 184 g/mol. The van der Waals surface area contributed by atoms with Crippen LogP contribution in [0.15, 0.2) is 17.6 Å². The molecule has 5 nitrogen and oxygen atoms in total. The Hall–Kier alpha value is -1.74. The molecule has 1 atom stereocenters. The van der Waals surface area contributed by atoms with Crippen LogP contribution in [-0.2, 0) is 19.1 Å². The van der Waals surface area contributed by atoms with Gasteiger partial charge in [-0.05, 0) is 6.92 Å². The van der Waals surface area contributed by atoms with Gasteiger partial charge in [0.1, 0.15) is 17.8 Å². The number of aliphatic carboxylic acids is 1. The van der Waals surface area contributed by atoms with E-state index >= 15 is 0 Å². The third kappa shape index (κ3) is 1.71. The molecule has 1 heterocycles. The topological polar surface area (TPSA) is 72.8 Å². The zero-order valence-corrected chi connectivity index (χ0v) is 6.94. The number of hydrogen-bond acceptors (Lipinski definition) is 4. The summed E-state index contributed by atoms with van der Waals surface area (Å²) in [7, 11) is 0. The van der Waals surface area contributed by atoms with Gasteiger partial charge in [-0.25, -0.2) is 9.59 Å². The lowest BCUT2D eigenvalue weighted by Gasteiger charge is -2.04. The van der Waals surface area contributed by atoms with Crippen LogP contribution >= 0.6 is 0 Å². The number of carboxylic acids is 1. The molecule has 0 spiro atoms. The number of rotatable bonds is 3. The number of carboxylic acid groups (broad SMARTS) is 1. The first-order valence-electron chi connectivity index (χ1n) is 3.67. The molecule has 0 fully saturated rings. The lowest BCUT2D eigenvalue weighted by Crippen LogP contribution is -2.21. The molecule has 1 aliphatic heterocycles. The van der Waals surface area contributed by atoms with E-state index in [2.05, 4.69) is 0 Å². The number of hydrogen-bond donors (Lipinski definition) is 1. The van der Waals surface area contributed by atoms with Gasteiger partial charge in [0.25, 0.3) is 0 Å². The van der Waals surface area contributed by atoms with Gasteiger partial charge in [-0.2, -0.15) is 0 Å². The maximum atomic E-state index is 10.5. The molecule has 0 aromatic carbocycles. The van der Waals surface area contributed by atoms with Crippen molar-refractivity contribution >= 4 is 11.9 Å². The van der Waals surface area contributed by atoms with Gasteiger partial charge in [0, 0.05) is 0 Å². The minimum absolute atomic E-state index is 0.102. The van der Waals surface area contributed by atoms with E-state index in [-0.39, 0.29) is 11.3 Å². The molecule has 0 aromatic heterocycles. The Labute approximate surface area is 74.3 Å². The predicted molar refractivity (Wildman–Crippen MR) is 41.4 cm³/mol. The Bertz CT molecular complexity index is 298. The highest BCUT2D eigenvalue weighted by molar-refractivity contribution is 5.83. The molecule has 0 bridgehead atoms. The second-order valence-corrected chi connectivity index (χ2v) is 2.29. The molecule has 0 amide bonds. The van der Waals surface area contributed by atoms with Crippen molar-refractivity contribution in [3.8, 4) is 0 Å². The first-order chi connectivity index (χ1) is 6.20. The Morgan fingerprint density at radius 3 is 3.00 bits per heavy atom. The number of carbonyl (C=O) groups excluding carboxylic acids is 1. The van der Waals surface area contributed by atoms with Crippen molar-refractivity contribution in [2.45, 2.75) is 13.0 Å². The maximum Gasteiger partial charge on any atom is 0.350 e. The van der Waals surface area contributed by atoms with E-state index in [1.54, 1.807) is 6.92 Å². The summed E-state index contributed by atoms with van der Waals surface area (Å²) in [6.07, 6.45) is -0.165. The highest BCUT2D eigenvalue weighted by Gasteiger charge is 2.33. The van der Waals surface area contributed by atoms with Crippen molar-refractivity contribution in [3.05, 3.63) is 17.6 Å². The summed E-state index contributed by atoms with van der Waals surface area (Å²) >= 11 is 0. The van der Waals surface area contributed by atoms with Crippen molar-refractivity contribution in [1.29, 1.82) is 0 Å². The molecule has 0 radical (unpaired) electrons. The van der Waals surface area contributed by atoms with Crippen molar-refractivity contribution in [3.63, 3.8) is 0 Å². The van der Waals surface area contributed by atoms with E-state index in [9.17, 15) is 9.59 Å². The fourth-order valence-electron chi connectivity index (χ4n) is 0.943. The Morgan fingerprint density at radius 2 is 2.54 bits per heavy atom. The van der Waals surface area contributed by atoms with E-state index in [4.69, 9.17) is 14.6 Å². The van der Waals surface area contributed by atoms with Crippen LogP contribution < -0.4 is 0 Å². The number of carbonyl (C=O) groups is 1. The molecule has 5 heteroatoms. The van der Waals surface area contributed by atoms with Gasteiger partial charge in [-0.15, -0.1) is 0 Å². The van der Waals surface area contributed by atoms with Gasteiger partial charge < -0.3 is 14.6 Å². The van der Waals surface area contributed by atoms with Crippen molar-refractivity contribution < 1.29 is 24.2 Å². The van der Waals surface area contributed by atoms with Crippen LogP contribution in [0.1, 0.15) is 6.92 Å². The molecule has 0 aromatic rings. The Kier molecular flexibility index (Phi) is 2.72. The molecular formula is C8H8O5. The van der Waals surface area contributed by atoms with Crippen LogP contribution in [0.3, 0.4) is 0 Å². The molecule has 0 aliphatic carbocycles.